The van der Waals surface area contributed by atoms with E-state index in [2.05, 4.69) is 39.5 Å². The fraction of sp³-hybridized carbons (Fsp3) is 0.440. The second-order valence-electron chi connectivity index (χ2n) is 8.85. The molecule has 0 aromatic heterocycles. The molecule has 0 bridgehead atoms. The van der Waals surface area contributed by atoms with Gasteiger partial charge in [0.05, 0.1) is 31.3 Å². The van der Waals surface area contributed by atoms with Crippen LogP contribution in [-0.4, -0.2) is 61.3 Å². The van der Waals surface area contributed by atoms with Crippen LogP contribution in [0.15, 0.2) is 53.5 Å². The highest BCUT2D eigenvalue weighted by Gasteiger charge is 2.43. The van der Waals surface area contributed by atoms with Crippen molar-refractivity contribution in [2.24, 2.45) is 4.99 Å². The molecule has 0 radical (unpaired) electrons. The van der Waals surface area contributed by atoms with Crippen LogP contribution in [0.5, 0.6) is 0 Å². The van der Waals surface area contributed by atoms with Gasteiger partial charge in [0.15, 0.2) is 0 Å². The number of benzene rings is 2. The minimum Gasteiger partial charge on any atom is -0.365 e. The van der Waals surface area contributed by atoms with Gasteiger partial charge in [-0.3, -0.25) is 15.1 Å². The van der Waals surface area contributed by atoms with Gasteiger partial charge in [0.2, 0.25) is 5.91 Å². The van der Waals surface area contributed by atoms with E-state index >= 15 is 0 Å². The molecule has 0 aliphatic carbocycles. The minimum absolute atomic E-state index is 0.117. The number of nitrogens with one attached hydrogen (secondary N) is 1. The molecule has 32 heavy (non-hydrogen) atoms. The van der Waals surface area contributed by atoms with Crippen LogP contribution in [0.3, 0.4) is 0 Å². The van der Waals surface area contributed by atoms with E-state index < -0.39 is 0 Å². The molecule has 2 aromatic rings. The summed E-state index contributed by atoms with van der Waals surface area (Å²) in [6.45, 7) is 4.03. The third kappa shape index (κ3) is 4.03. The zero-order valence-electron chi connectivity index (χ0n) is 18.4. The van der Waals surface area contributed by atoms with Gasteiger partial charge >= 0.3 is 0 Å². The van der Waals surface area contributed by atoms with E-state index in [1.54, 1.807) is 0 Å². The van der Waals surface area contributed by atoms with E-state index in [0.29, 0.717) is 24.7 Å². The molecule has 1 amide bonds. The lowest BCUT2D eigenvalue weighted by Crippen LogP contribution is -2.48. The van der Waals surface area contributed by atoms with Gasteiger partial charge < -0.3 is 14.5 Å². The SMILES string of the molecule is CN1CCN=C1C(NCC(=O)N1CCC2(CC1)OCc1ccccc12)c1ccc(Cl)cc1. The lowest BCUT2D eigenvalue weighted by atomic mass is 9.84. The number of hydrogen-bond acceptors (Lipinski definition) is 5. The predicted octanol–water partition coefficient (Wildman–Crippen LogP) is 3.36. The highest BCUT2D eigenvalue weighted by Crippen LogP contribution is 2.43. The summed E-state index contributed by atoms with van der Waals surface area (Å²) in [6.07, 6.45) is 1.68. The van der Waals surface area contributed by atoms with Gasteiger partial charge in [-0.15, -0.1) is 0 Å². The number of likely N-dealkylation sites (N-methyl/N-ethyl adjacent to an activating group) is 1. The number of nitrogens with zero attached hydrogens (tertiary/aromatic N) is 3. The molecule has 6 nitrogen and oxygen atoms in total. The molecule has 5 rings (SSSR count). The molecule has 3 aliphatic rings. The Kier molecular flexibility index (Phi) is 5.93. The Bertz CT molecular complexity index is 1010. The number of amides is 1. The maximum atomic E-state index is 13.1. The van der Waals surface area contributed by atoms with Gasteiger partial charge in [-0.25, -0.2) is 0 Å². The number of likely N-dealkylation sites (tertiary alicyclic amines) is 1. The Balaban J connectivity index is 1.23. The molecule has 1 unspecified atom stereocenters. The van der Waals surface area contributed by atoms with Crippen molar-refractivity contribution in [3.63, 3.8) is 0 Å². The number of rotatable bonds is 5. The van der Waals surface area contributed by atoms with Crippen molar-refractivity contribution >= 4 is 23.3 Å². The molecule has 1 fully saturated rings. The number of ether oxygens (including phenoxy) is 1. The summed E-state index contributed by atoms with van der Waals surface area (Å²) in [4.78, 5) is 21.9. The van der Waals surface area contributed by atoms with Crippen molar-refractivity contribution in [2.75, 3.05) is 39.8 Å². The predicted molar refractivity (Wildman–Crippen MR) is 126 cm³/mol. The van der Waals surface area contributed by atoms with Gasteiger partial charge in [-0.05, 0) is 41.7 Å². The van der Waals surface area contributed by atoms with Gasteiger partial charge in [-0.2, -0.15) is 0 Å². The van der Waals surface area contributed by atoms with Crippen LogP contribution in [0.4, 0.5) is 0 Å². The lowest BCUT2D eigenvalue weighted by molar-refractivity contribution is -0.137. The zero-order chi connectivity index (χ0) is 22.1. The number of hydrogen-bond donors (Lipinski definition) is 1. The van der Waals surface area contributed by atoms with Gasteiger partial charge in [0.25, 0.3) is 0 Å². The Morgan fingerprint density at radius 3 is 2.62 bits per heavy atom. The van der Waals surface area contributed by atoms with Crippen LogP contribution in [0.1, 0.15) is 35.6 Å². The summed E-state index contributed by atoms with van der Waals surface area (Å²) in [5.41, 5.74) is 3.41. The second-order valence-corrected chi connectivity index (χ2v) is 9.28. The van der Waals surface area contributed by atoms with E-state index in [9.17, 15) is 4.79 Å². The van der Waals surface area contributed by atoms with Gasteiger partial charge in [0, 0.05) is 31.7 Å². The number of carbonyl (C=O) groups excluding carboxylic acids is 1. The average molecular weight is 453 g/mol. The average Bonchev–Trinajstić information content (AvgIpc) is 3.40. The number of amidine groups is 1. The number of halogens is 1. The molecule has 168 valence electrons. The smallest absolute Gasteiger partial charge is 0.236 e. The molecule has 2 aromatic carbocycles. The minimum atomic E-state index is -0.228. The molecule has 7 heteroatoms. The summed E-state index contributed by atoms with van der Waals surface area (Å²) in [5, 5.41) is 4.16. The van der Waals surface area contributed by atoms with Crippen molar-refractivity contribution in [1.29, 1.82) is 0 Å². The van der Waals surface area contributed by atoms with Crippen molar-refractivity contribution in [1.82, 2.24) is 15.1 Å². The maximum Gasteiger partial charge on any atom is 0.236 e. The number of carbonyl (C=O) groups is 1. The summed E-state index contributed by atoms with van der Waals surface area (Å²) in [6, 6.07) is 16.1. The second kappa shape index (κ2) is 8.85. The molecular weight excluding hydrogens is 424 g/mol. The van der Waals surface area contributed by atoms with Crippen LogP contribution in [0.2, 0.25) is 5.02 Å². The highest BCUT2D eigenvalue weighted by atomic mass is 35.5. The molecule has 3 aliphatic heterocycles. The molecule has 1 atom stereocenters. The molecule has 1 saturated heterocycles. The van der Waals surface area contributed by atoms with Crippen molar-refractivity contribution in [2.45, 2.75) is 31.1 Å². The third-order valence-electron chi connectivity index (χ3n) is 6.96. The lowest BCUT2D eigenvalue weighted by Gasteiger charge is -2.39. The van der Waals surface area contributed by atoms with Crippen molar-refractivity contribution < 1.29 is 9.53 Å². The first-order chi connectivity index (χ1) is 15.6. The molecule has 0 saturated carbocycles. The van der Waals surface area contributed by atoms with Crippen LogP contribution < -0.4 is 5.32 Å². The van der Waals surface area contributed by atoms with E-state index in [0.717, 1.165) is 37.3 Å². The van der Waals surface area contributed by atoms with Crippen molar-refractivity contribution in [3.05, 3.63) is 70.2 Å². The van der Waals surface area contributed by atoms with E-state index in [1.165, 1.54) is 11.1 Å². The number of fused-ring (bicyclic) bond motifs is 2. The summed E-state index contributed by atoms with van der Waals surface area (Å²) in [5.74, 6) is 1.08. The number of piperidine rings is 1. The first-order valence-electron chi connectivity index (χ1n) is 11.3. The van der Waals surface area contributed by atoms with E-state index in [4.69, 9.17) is 16.3 Å². The summed E-state index contributed by atoms with van der Waals surface area (Å²) >= 11 is 6.08. The first kappa shape index (κ1) is 21.4. The summed E-state index contributed by atoms with van der Waals surface area (Å²) < 4.78 is 6.24. The number of aliphatic imine (C=N–C) groups is 1. The Morgan fingerprint density at radius 2 is 1.91 bits per heavy atom. The molecule has 1 spiro atoms. The van der Waals surface area contributed by atoms with Crippen LogP contribution in [0, 0.1) is 0 Å². The van der Waals surface area contributed by atoms with Crippen LogP contribution in [0.25, 0.3) is 0 Å². The quantitative estimate of drug-likeness (QED) is 0.755. The fourth-order valence-electron chi connectivity index (χ4n) is 5.09. The largest absolute Gasteiger partial charge is 0.365 e. The van der Waals surface area contributed by atoms with Crippen molar-refractivity contribution in [3.8, 4) is 0 Å². The van der Waals surface area contributed by atoms with Crippen LogP contribution >= 0.6 is 11.6 Å². The van der Waals surface area contributed by atoms with Gasteiger partial charge in [-0.1, -0.05) is 48.0 Å². The fourth-order valence-corrected chi connectivity index (χ4v) is 5.22. The topological polar surface area (TPSA) is 57.2 Å². The van der Waals surface area contributed by atoms with E-state index in [-0.39, 0.29) is 24.1 Å². The zero-order valence-corrected chi connectivity index (χ0v) is 19.1. The Labute approximate surface area is 194 Å². The summed E-state index contributed by atoms with van der Waals surface area (Å²) in [7, 11) is 2.04. The molecule has 3 heterocycles. The highest BCUT2D eigenvalue weighted by molar-refractivity contribution is 6.30. The first-order valence-corrected chi connectivity index (χ1v) is 11.7. The Hall–Kier alpha value is -2.41. The third-order valence-corrected chi connectivity index (χ3v) is 7.21. The maximum absolute atomic E-state index is 13.1. The van der Waals surface area contributed by atoms with Crippen LogP contribution in [-0.2, 0) is 21.7 Å². The van der Waals surface area contributed by atoms with E-state index in [1.807, 2.05) is 36.2 Å². The molecule has 1 N–H and O–H groups in total. The molecular formula is C25H29ClN4O2. The monoisotopic (exact) mass is 452 g/mol. The Morgan fingerprint density at radius 1 is 1.16 bits per heavy atom. The standard InChI is InChI=1S/C25H29ClN4O2/c1-29-15-12-27-24(29)23(18-6-8-20(26)9-7-18)28-16-22(31)30-13-10-25(11-14-30)21-5-3-2-4-19(21)17-32-25/h2-9,23,28H,10-17H2,1H3. The van der Waals surface area contributed by atoms with Gasteiger partial charge in [0.1, 0.15) is 5.84 Å². The normalized spacial score (nSPS) is 20.4.